The van der Waals surface area contributed by atoms with Crippen molar-refractivity contribution in [2.45, 2.75) is 23.9 Å². The summed E-state index contributed by atoms with van der Waals surface area (Å²) >= 11 is 2.05. The topological polar surface area (TPSA) is 54.4 Å². The van der Waals surface area contributed by atoms with Crippen LogP contribution in [-0.4, -0.2) is 58.7 Å². The second kappa shape index (κ2) is 6.80. The van der Waals surface area contributed by atoms with Crippen molar-refractivity contribution in [3.8, 4) is 0 Å². The average Bonchev–Trinajstić information content (AvgIpc) is 3.04. The Labute approximate surface area is 152 Å². The fourth-order valence-corrected chi connectivity index (χ4v) is 4.95. The Morgan fingerprint density at radius 2 is 2.24 bits per heavy atom. The van der Waals surface area contributed by atoms with Crippen molar-refractivity contribution in [1.82, 2.24) is 15.0 Å². The van der Waals surface area contributed by atoms with E-state index in [4.69, 9.17) is 4.74 Å². The van der Waals surface area contributed by atoms with Crippen molar-refractivity contribution in [3.05, 3.63) is 42.5 Å². The second-order valence-electron chi connectivity index (χ2n) is 6.98. The summed E-state index contributed by atoms with van der Waals surface area (Å²) in [6, 6.07) is 6.08. The molecule has 0 bridgehead atoms. The van der Waals surface area contributed by atoms with Crippen LogP contribution in [0.2, 0.25) is 0 Å². The van der Waals surface area contributed by atoms with Crippen molar-refractivity contribution < 1.29 is 4.74 Å². The molecule has 2 aromatic rings. The lowest BCUT2D eigenvalue weighted by atomic mass is 9.93. The van der Waals surface area contributed by atoms with Gasteiger partial charge in [0.2, 0.25) is 0 Å². The van der Waals surface area contributed by atoms with Crippen LogP contribution in [0.5, 0.6) is 0 Å². The lowest BCUT2D eigenvalue weighted by Crippen LogP contribution is -2.59. The summed E-state index contributed by atoms with van der Waals surface area (Å²) in [5.74, 6) is 3.04. The zero-order chi connectivity index (χ0) is 17.3. The Hall–Kier alpha value is -1.86. The van der Waals surface area contributed by atoms with E-state index >= 15 is 0 Å². The van der Waals surface area contributed by atoms with E-state index in [1.54, 1.807) is 12.5 Å². The molecule has 2 fully saturated rings. The molecule has 1 atom stereocenters. The number of thioether (sulfide) groups is 1. The maximum atomic E-state index is 6.10. The van der Waals surface area contributed by atoms with Gasteiger partial charge < -0.3 is 14.5 Å². The number of aromatic nitrogens is 3. The molecule has 1 spiro atoms. The molecule has 2 aromatic heterocycles. The van der Waals surface area contributed by atoms with Crippen molar-refractivity contribution in [1.29, 1.82) is 0 Å². The summed E-state index contributed by atoms with van der Waals surface area (Å²) in [6.07, 6.45) is 6.76. The minimum Gasteiger partial charge on any atom is -0.373 e. The van der Waals surface area contributed by atoms with Gasteiger partial charge in [0.05, 0.1) is 17.5 Å². The normalized spacial score (nSPS) is 21.4. The second-order valence-corrected chi connectivity index (χ2v) is 8.47. The summed E-state index contributed by atoms with van der Waals surface area (Å²) in [6.45, 7) is 2.72. The molecule has 4 rings (SSSR count). The predicted molar refractivity (Wildman–Crippen MR) is 101 cm³/mol. The van der Waals surface area contributed by atoms with Crippen LogP contribution in [0.1, 0.15) is 12.0 Å². The van der Waals surface area contributed by atoms with Gasteiger partial charge >= 0.3 is 0 Å². The van der Waals surface area contributed by atoms with E-state index in [1.807, 2.05) is 43.0 Å². The van der Waals surface area contributed by atoms with Crippen LogP contribution >= 0.6 is 11.8 Å². The Bertz CT molecular complexity index is 720. The molecule has 132 valence electrons. The number of hydrogen-bond acceptors (Lipinski definition) is 7. The summed E-state index contributed by atoms with van der Waals surface area (Å²) in [7, 11) is 4.00. The summed E-state index contributed by atoms with van der Waals surface area (Å²) in [5.41, 5.74) is 1.14. The van der Waals surface area contributed by atoms with Crippen molar-refractivity contribution in [2.75, 3.05) is 42.7 Å². The fraction of sp³-hybridized carbons (Fsp3) is 0.500. The number of anilines is 2. The van der Waals surface area contributed by atoms with E-state index < -0.39 is 0 Å². The standard InChI is InChI=1S/C18H23N5OS/c1-22(2)16-6-17(21-13-20-16)23-11-18(12-23)7-15(10-25-18)24-9-14-4-3-5-19-8-14/h3-6,8,13,15H,7,9-12H2,1-2H3/t15-/m0/s1. The zero-order valence-electron chi connectivity index (χ0n) is 14.6. The summed E-state index contributed by atoms with van der Waals surface area (Å²) < 4.78 is 6.42. The van der Waals surface area contributed by atoms with Crippen molar-refractivity contribution in [3.63, 3.8) is 0 Å². The zero-order valence-corrected chi connectivity index (χ0v) is 15.4. The highest BCUT2D eigenvalue weighted by atomic mass is 32.2. The maximum Gasteiger partial charge on any atom is 0.134 e. The highest BCUT2D eigenvalue weighted by molar-refractivity contribution is 8.01. The Morgan fingerprint density at radius 3 is 3.00 bits per heavy atom. The van der Waals surface area contributed by atoms with Gasteiger partial charge in [-0.2, -0.15) is 0 Å². The minimum absolute atomic E-state index is 0.322. The fourth-order valence-electron chi connectivity index (χ4n) is 3.39. The molecule has 7 heteroatoms. The molecule has 0 aromatic carbocycles. The Balaban J connectivity index is 1.30. The maximum absolute atomic E-state index is 6.10. The van der Waals surface area contributed by atoms with Gasteiger partial charge in [0.15, 0.2) is 0 Å². The van der Waals surface area contributed by atoms with E-state index in [0.29, 0.717) is 17.5 Å². The van der Waals surface area contributed by atoms with Crippen molar-refractivity contribution >= 4 is 23.4 Å². The third kappa shape index (κ3) is 3.57. The number of pyridine rings is 1. The highest BCUT2D eigenvalue weighted by Crippen LogP contribution is 2.47. The molecule has 4 heterocycles. The number of rotatable bonds is 5. The molecule has 2 saturated heterocycles. The largest absolute Gasteiger partial charge is 0.373 e. The van der Waals surface area contributed by atoms with E-state index in [0.717, 1.165) is 42.5 Å². The van der Waals surface area contributed by atoms with E-state index in [-0.39, 0.29) is 0 Å². The third-order valence-electron chi connectivity index (χ3n) is 4.76. The molecule has 0 saturated carbocycles. The van der Waals surface area contributed by atoms with Crippen molar-refractivity contribution in [2.24, 2.45) is 0 Å². The first kappa shape index (κ1) is 16.6. The quantitative estimate of drug-likeness (QED) is 0.813. The molecule has 0 amide bonds. The molecular formula is C18H23N5OS. The molecular weight excluding hydrogens is 334 g/mol. The van der Waals surface area contributed by atoms with Gasteiger partial charge in [-0.05, 0) is 18.1 Å². The van der Waals surface area contributed by atoms with Gasteiger partial charge in [-0.15, -0.1) is 11.8 Å². The summed E-state index contributed by atoms with van der Waals surface area (Å²) in [4.78, 5) is 17.2. The van der Waals surface area contributed by atoms with Crippen LogP contribution < -0.4 is 9.80 Å². The van der Waals surface area contributed by atoms with E-state index in [1.165, 1.54) is 0 Å². The monoisotopic (exact) mass is 357 g/mol. The van der Waals surface area contributed by atoms with Gasteiger partial charge in [-0.3, -0.25) is 4.98 Å². The van der Waals surface area contributed by atoms with Crippen LogP contribution in [0.15, 0.2) is 36.9 Å². The minimum atomic E-state index is 0.322. The van der Waals surface area contributed by atoms with Gasteiger partial charge in [-0.25, -0.2) is 9.97 Å². The number of hydrogen-bond donors (Lipinski definition) is 0. The van der Waals surface area contributed by atoms with Crippen LogP contribution in [0, 0.1) is 0 Å². The molecule has 0 N–H and O–H groups in total. The van der Waals surface area contributed by atoms with Gasteiger partial charge in [0.1, 0.15) is 18.0 Å². The molecule has 0 aliphatic carbocycles. The molecule has 0 unspecified atom stereocenters. The smallest absolute Gasteiger partial charge is 0.134 e. The molecule has 6 nitrogen and oxygen atoms in total. The van der Waals surface area contributed by atoms with Gasteiger partial charge in [0.25, 0.3) is 0 Å². The van der Waals surface area contributed by atoms with Crippen LogP contribution in [0.3, 0.4) is 0 Å². The average molecular weight is 357 g/mol. The number of nitrogens with zero attached hydrogens (tertiary/aromatic N) is 5. The Kier molecular flexibility index (Phi) is 4.52. The van der Waals surface area contributed by atoms with Gasteiger partial charge in [-0.1, -0.05) is 6.07 Å². The molecule has 0 radical (unpaired) electrons. The van der Waals surface area contributed by atoms with Crippen LogP contribution in [0.25, 0.3) is 0 Å². The summed E-state index contributed by atoms with van der Waals surface area (Å²) in [5, 5.41) is 0. The first-order valence-electron chi connectivity index (χ1n) is 8.52. The van der Waals surface area contributed by atoms with E-state index in [9.17, 15) is 0 Å². The SMILES string of the molecule is CN(C)c1cc(N2CC3(C[C@H](OCc4cccnc4)CS3)C2)ncn1. The molecule has 2 aliphatic rings. The third-order valence-corrected chi connectivity index (χ3v) is 6.34. The molecule has 25 heavy (non-hydrogen) atoms. The first-order chi connectivity index (χ1) is 12.1. The lowest BCUT2D eigenvalue weighted by Gasteiger charge is -2.48. The molecule has 2 aliphatic heterocycles. The predicted octanol–water partition coefficient (Wildman–Crippen LogP) is 2.22. The van der Waals surface area contributed by atoms with Crippen LogP contribution in [-0.2, 0) is 11.3 Å². The van der Waals surface area contributed by atoms with Gasteiger partial charge in [0, 0.05) is 51.4 Å². The highest BCUT2D eigenvalue weighted by Gasteiger charge is 2.49. The lowest BCUT2D eigenvalue weighted by molar-refractivity contribution is 0.0476. The first-order valence-corrected chi connectivity index (χ1v) is 9.51. The Morgan fingerprint density at radius 1 is 1.36 bits per heavy atom. The number of ether oxygens (including phenoxy) is 1. The van der Waals surface area contributed by atoms with Crippen LogP contribution in [0.4, 0.5) is 11.6 Å². The van der Waals surface area contributed by atoms with E-state index in [2.05, 4.69) is 32.0 Å².